The fourth-order valence-electron chi connectivity index (χ4n) is 3.66. The summed E-state index contributed by atoms with van der Waals surface area (Å²) in [7, 11) is 0. The van der Waals surface area contributed by atoms with Crippen molar-refractivity contribution in [3.05, 3.63) is 86.3 Å². The smallest absolute Gasteiger partial charge is 0.411 e. The number of hydrogen-bond donors (Lipinski definition) is 4. The minimum absolute atomic E-state index is 0.00516. The number of hydrogen-bond acceptors (Lipinski definition) is 10. The summed E-state index contributed by atoms with van der Waals surface area (Å²) in [6.45, 7) is -0.535. The molecule has 0 fully saturated rings. The Hall–Kier alpha value is -5.86. The third-order valence-electron chi connectivity index (χ3n) is 5.48. The standard InChI is InChI=1S/C24H17N5O10/c30-10-17-21(23(34)35)27-16-7-18(19(29(37)38)8-15(16)26-17)28-5-4-20(31)13(9-28)11-39-24(36)25-14-3-1-2-12(6-14)22(32)33/h1-10,17,26H,11H2,(H,25,36)(H,32,33)(H,34,35). The van der Waals surface area contributed by atoms with Crippen LogP contribution in [0.4, 0.5) is 27.5 Å². The van der Waals surface area contributed by atoms with Crippen LogP contribution in [0.3, 0.4) is 0 Å². The van der Waals surface area contributed by atoms with Gasteiger partial charge in [-0.1, -0.05) is 6.07 Å². The molecule has 15 nitrogen and oxygen atoms in total. The molecule has 4 rings (SSSR count). The minimum atomic E-state index is -1.46. The van der Waals surface area contributed by atoms with Crippen LogP contribution >= 0.6 is 0 Å². The summed E-state index contributed by atoms with van der Waals surface area (Å²) in [5.41, 5.74) is -1.52. The summed E-state index contributed by atoms with van der Waals surface area (Å²) < 4.78 is 6.26. The number of aliphatic imine (C=N–C) groups is 1. The van der Waals surface area contributed by atoms with Gasteiger partial charge in [-0.25, -0.2) is 19.4 Å². The van der Waals surface area contributed by atoms with E-state index in [1.54, 1.807) is 0 Å². The Morgan fingerprint density at radius 2 is 1.95 bits per heavy atom. The number of rotatable bonds is 8. The predicted molar refractivity (Wildman–Crippen MR) is 134 cm³/mol. The molecule has 0 radical (unpaired) electrons. The van der Waals surface area contributed by atoms with Crippen LogP contribution in [0.25, 0.3) is 5.69 Å². The summed E-state index contributed by atoms with van der Waals surface area (Å²) in [5.74, 6) is -2.65. The average Bonchev–Trinajstić information content (AvgIpc) is 2.91. The number of aldehydes is 1. The molecule has 2 heterocycles. The lowest BCUT2D eigenvalue weighted by Gasteiger charge is -2.22. The summed E-state index contributed by atoms with van der Waals surface area (Å²) in [6.07, 6.45) is 1.74. The van der Waals surface area contributed by atoms with Gasteiger partial charge in [-0.2, -0.15) is 0 Å². The quantitative estimate of drug-likeness (QED) is 0.186. The van der Waals surface area contributed by atoms with Gasteiger partial charge in [0.2, 0.25) is 0 Å². The van der Waals surface area contributed by atoms with E-state index in [2.05, 4.69) is 15.6 Å². The molecule has 39 heavy (non-hydrogen) atoms. The van der Waals surface area contributed by atoms with Crippen LogP contribution in [0.1, 0.15) is 15.9 Å². The molecule has 3 aromatic rings. The van der Waals surface area contributed by atoms with Gasteiger partial charge in [0, 0.05) is 30.2 Å². The van der Waals surface area contributed by atoms with Gasteiger partial charge in [-0.05, 0) is 24.3 Å². The molecule has 1 aliphatic heterocycles. The molecule has 0 spiro atoms. The summed E-state index contributed by atoms with van der Waals surface area (Å²) in [4.78, 5) is 73.5. The Morgan fingerprint density at radius 1 is 1.18 bits per heavy atom. The topological polar surface area (TPSA) is 220 Å². The lowest BCUT2D eigenvalue weighted by Crippen LogP contribution is -2.38. The third-order valence-corrected chi connectivity index (χ3v) is 5.48. The van der Waals surface area contributed by atoms with Crippen molar-refractivity contribution in [1.29, 1.82) is 0 Å². The molecule has 0 saturated heterocycles. The van der Waals surface area contributed by atoms with Crippen molar-refractivity contribution in [3.8, 4) is 5.69 Å². The highest BCUT2D eigenvalue weighted by molar-refractivity contribution is 6.42. The normalized spacial score (nSPS) is 13.7. The Labute approximate surface area is 217 Å². The summed E-state index contributed by atoms with van der Waals surface area (Å²) >= 11 is 0. The first-order valence-electron chi connectivity index (χ1n) is 10.9. The van der Waals surface area contributed by atoms with Crippen LogP contribution in [-0.4, -0.2) is 55.8 Å². The highest BCUT2D eigenvalue weighted by Crippen LogP contribution is 2.37. The highest BCUT2D eigenvalue weighted by Gasteiger charge is 2.30. The van der Waals surface area contributed by atoms with Crippen molar-refractivity contribution in [2.24, 2.45) is 4.99 Å². The number of fused-ring (bicyclic) bond motifs is 1. The van der Waals surface area contributed by atoms with Crippen LogP contribution in [0.5, 0.6) is 0 Å². The number of amides is 1. The molecule has 0 saturated carbocycles. The first-order valence-corrected chi connectivity index (χ1v) is 10.9. The number of nitrogens with one attached hydrogen (secondary N) is 2. The zero-order chi connectivity index (χ0) is 28.3. The fourth-order valence-corrected chi connectivity index (χ4v) is 3.66. The number of pyridine rings is 1. The Morgan fingerprint density at radius 3 is 2.62 bits per heavy atom. The summed E-state index contributed by atoms with van der Waals surface area (Å²) in [6, 6.07) is 7.45. The van der Waals surface area contributed by atoms with Crippen molar-refractivity contribution in [3.63, 3.8) is 0 Å². The van der Waals surface area contributed by atoms with Crippen LogP contribution in [-0.2, 0) is 20.9 Å². The zero-order valence-electron chi connectivity index (χ0n) is 19.6. The number of carboxylic acid groups (broad SMARTS) is 2. The molecule has 0 aliphatic carbocycles. The van der Waals surface area contributed by atoms with E-state index >= 15 is 0 Å². The number of ether oxygens (including phenoxy) is 1. The molecule has 4 N–H and O–H groups in total. The molecule has 0 bridgehead atoms. The molecule has 1 unspecified atom stereocenters. The monoisotopic (exact) mass is 535 g/mol. The number of aromatic carboxylic acids is 1. The number of nitro groups is 1. The predicted octanol–water partition coefficient (Wildman–Crippen LogP) is 2.34. The maximum Gasteiger partial charge on any atom is 0.411 e. The number of carbonyl (C=O) groups is 4. The highest BCUT2D eigenvalue weighted by atomic mass is 16.6. The van der Waals surface area contributed by atoms with Crippen molar-refractivity contribution in [1.82, 2.24) is 4.57 Å². The van der Waals surface area contributed by atoms with Crippen molar-refractivity contribution in [2.75, 3.05) is 10.6 Å². The maximum atomic E-state index is 12.4. The molecular weight excluding hydrogens is 518 g/mol. The first-order chi connectivity index (χ1) is 18.6. The van der Waals surface area contributed by atoms with Gasteiger partial charge in [0.1, 0.15) is 24.6 Å². The van der Waals surface area contributed by atoms with Gasteiger partial charge < -0.3 is 29.6 Å². The number of anilines is 2. The molecule has 1 aromatic heterocycles. The SMILES string of the molecule is O=CC1Nc2cc([N+](=O)[O-])c(-n3ccc(=O)c(COC(=O)Nc4cccc(C(=O)O)c4)c3)cc2N=C1C(=O)O. The van der Waals surface area contributed by atoms with E-state index in [9.17, 15) is 39.2 Å². The van der Waals surface area contributed by atoms with Gasteiger partial charge >= 0.3 is 18.0 Å². The van der Waals surface area contributed by atoms with Crippen molar-refractivity contribution < 1.29 is 39.1 Å². The summed E-state index contributed by atoms with van der Waals surface area (Å²) in [5, 5.41) is 35.1. The van der Waals surface area contributed by atoms with E-state index in [-0.39, 0.29) is 33.9 Å². The molecule has 1 amide bonds. The molecule has 1 atom stereocenters. The van der Waals surface area contributed by atoms with Crippen molar-refractivity contribution >= 4 is 52.8 Å². The average molecular weight is 535 g/mol. The van der Waals surface area contributed by atoms with E-state index in [1.165, 1.54) is 47.3 Å². The second-order valence-corrected chi connectivity index (χ2v) is 8.00. The lowest BCUT2D eigenvalue weighted by molar-refractivity contribution is -0.384. The number of nitrogens with zero attached hydrogens (tertiary/aromatic N) is 3. The Balaban J connectivity index is 1.62. The van der Waals surface area contributed by atoms with Gasteiger partial charge in [-0.15, -0.1) is 0 Å². The van der Waals surface area contributed by atoms with E-state index in [0.29, 0.717) is 6.29 Å². The lowest BCUT2D eigenvalue weighted by atomic mass is 10.1. The molecule has 1 aliphatic rings. The third kappa shape index (κ3) is 5.61. The molecule has 2 aromatic carbocycles. The van der Waals surface area contributed by atoms with Gasteiger partial charge in [0.25, 0.3) is 5.69 Å². The Bertz CT molecular complexity index is 1630. The zero-order valence-corrected chi connectivity index (χ0v) is 19.6. The van der Waals surface area contributed by atoms with Crippen LogP contribution < -0.4 is 16.1 Å². The van der Waals surface area contributed by atoms with E-state index in [1.807, 2.05) is 0 Å². The number of aliphatic carboxylic acids is 1. The van der Waals surface area contributed by atoms with E-state index in [0.717, 1.165) is 12.1 Å². The number of aromatic nitrogens is 1. The van der Waals surface area contributed by atoms with Gasteiger partial charge in [0.15, 0.2) is 11.1 Å². The largest absolute Gasteiger partial charge is 0.478 e. The maximum absolute atomic E-state index is 12.4. The number of nitro benzene ring substituents is 1. The van der Waals surface area contributed by atoms with E-state index in [4.69, 9.17) is 9.84 Å². The van der Waals surface area contributed by atoms with Crippen molar-refractivity contribution in [2.45, 2.75) is 12.6 Å². The first kappa shape index (κ1) is 26.2. The Kier molecular flexibility index (Phi) is 7.15. The molecule has 15 heteroatoms. The van der Waals surface area contributed by atoms with Crippen LogP contribution in [0.2, 0.25) is 0 Å². The number of benzene rings is 2. The van der Waals surface area contributed by atoms with Gasteiger partial charge in [0.05, 0.1) is 27.4 Å². The van der Waals surface area contributed by atoms with Crippen LogP contribution in [0.15, 0.2) is 64.6 Å². The second kappa shape index (κ2) is 10.6. The van der Waals surface area contributed by atoms with Crippen LogP contribution in [0, 0.1) is 10.1 Å². The minimum Gasteiger partial charge on any atom is -0.478 e. The van der Waals surface area contributed by atoms with Gasteiger partial charge in [-0.3, -0.25) is 20.2 Å². The molecule has 198 valence electrons. The number of carboxylic acids is 2. The molecular formula is C24H17N5O10. The second-order valence-electron chi connectivity index (χ2n) is 8.00. The number of carbonyl (C=O) groups excluding carboxylic acids is 2. The fraction of sp³-hybridized carbons (Fsp3) is 0.0833. The van der Waals surface area contributed by atoms with E-state index < -0.39 is 52.4 Å².